The van der Waals surface area contributed by atoms with Crippen LogP contribution in [0.1, 0.15) is 47.3 Å². The van der Waals surface area contributed by atoms with Crippen LogP contribution in [0.25, 0.3) is 15.7 Å². The molecule has 1 saturated carbocycles. The number of hydrogen-bond acceptors (Lipinski definition) is 6. The van der Waals surface area contributed by atoms with Gasteiger partial charge in [-0.15, -0.1) is 11.3 Å². The van der Waals surface area contributed by atoms with Gasteiger partial charge in [0.05, 0.1) is 5.02 Å². The van der Waals surface area contributed by atoms with E-state index in [1.54, 1.807) is 12.4 Å². The molecular formula is C27H30ClN5OS. The Labute approximate surface area is 214 Å². The molecule has 2 aliphatic rings. The van der Waals surface area contributed by atoms with E-state index < -0.39 is 0 Å². The van der Waals surface area contributed by atoms with Gasteiger partial charge in [0, 0.05) is 46.7 Å². The number of thiophene rings is 1. The molecule has 3 N–H and O–H groups in total. The summed E-state index contributed by atoms with van der Waals surface area (Å²) in [5.41, 5.74) is 7.79. The lowest BCUT2D eigenvalue weighted by atomic mass is 9.87. The lowest BCUT2D eigenvalue weighted by Crippen LogP contribution is -2.46. The quantitative estimate of drug-likeness (QED) is 0.456. The van der Waals surface area contributed by atoms with Crippen LogP contribution in [0.4, 0.5) is 5.95 Å². The van der Waals surface area contributed by atoms with Gasteiger partial charge in [-0.05, 0) is 56.7 Å². The minimum atomic E-state index is 0.0458. The Morgan fingerprint density at radius 3 is 2.66 bits per heavy atom. The van der Waals surface area contributed by atoms with Crippen molar-refractivity contribution >= 4 is 50.5 Å². The fourth-order valence-corrected chi connectivity index (χ4v) is 6.67. The number of aromatic nitrogens is 2. The zero-order valence-electron chi connectivity index (χ0n) is 19.8. The normalized spacial score (nSPS) is 22.2. The van der Waals surface area contributed by atoms with E-state index in [1.807, 2.05) is 31.3 Å². The van der Waals surface area contributed by atoms with E-state index >= 15 is 0 Å². The summed E-state index contributed by atoms with van der Waals surface area (Å²) in [6, 6.07) is 8.70. The molecule has 3 aromatic rings. The van der Waals surface area contributed by atoms with E-state index in [-0.39, 0.29) is 23.8 Å². The summed E-state index contributed by atoms with van der Waals surface area (Å²) in [5, 5.41) is 4.92. The van der Waals surface area contributed by atoms with E-state index in [4.69, 9.17) is 17.3 Å². The number of carbonyl (C=O) groups excluding carboxylic acids is 1. The molecule has 2 aliphatic carbocycles. The minimum absolute atomic E-state index is 0.0458. The van der Waals surface area contributed by atoms with Gasteiger partial charge in [-0.3, -0.25) is 4.79 Å². The maximum atomic E-state index is 14.0. The smallest absolute Gasteiger partial charge is 0.265 e. The molecule has 8 heteroatoms. The largest absolute Gasteiger partial charge is 0.368 e. The van der Waals surface area contributed by atoms with Gasteiger partial charge in [-0.25, -0.2) is 9.97 Å². The molecule has 6 nitrogen and oxygen atoms in total. The first-order valence-corrected chi connectivity index (χ1v) is 13.3. The molecule has 1 fully saturated rings. The summed E-state index contributed by atoms with van der Waals surface area (Å²) in [6.45, 7) is 0.655. The van der Waals surface area contributed by atoms with E-state index in [1.165, 1.54) is 11.3 Å². The van der Waals surface area contributed by atoms with Crippen LogP contribution < -0.4 is 11.1 Å². The van der Waals surface area contributed by atoms with E-state index in [9.17, 15) is 4.79 Å². The number of nitrogens with two attached hydrogens (primary N) is 1. The Morgan fingerprint density at radius 2 is 1.94 bits per heavy atom. The summed E-state index contributed by atoms with van der Waals surface area (Å²) in [6.07, 6.45) is 14.8. The summed E-state index contributed by atoms with van der Waals surface area (Å²) >= 11 is 8.24. The number of hydrogen-bond donors (Lipinski definition) is 2. The molecule has 0 aliphatic heterocycles. The average molecular weight is 508 g/mol. The van der Waals surface area contributed by atoms with Crippen LogP contribution in [0.5, 0.6) is 0 Å². The first-order valence-electron chi connectivity index (χ1n) is 12.1. The van der Waals surface area contributed by atoms with Gasteiger partial charge in [-0.1, -0.05) is 48.0 Å². The van der Waals surface area contributed by atoms with Crippen LogP contribution >= 0.6 is 22.9 Å². The molecule has 0 spiro atoms. The van der Waals surface area contributed by atoms with Gasteiger partial charge in [0.2, 0.25) is 5.95 Å². The predicted molar refractivity (Wildman–Crippen MR) is 145 cm³/mol. The number of nitrogens with one attached hydrogen (secondary N) is 1. The lowest BCUT2D eigenvalue weighted by Gasteiger charge is -2.38. The molecule has 1 amide bonds. The zero-order chi connectivity index (χ0) is 24.4. The number of rotatable bonds is 6. The second kappa shape index (κ2) is 10.5. The summed E-state index contributed by atoms with van der Waals surface area (Å²) in [5.74, 6) is 0.516. The average Bonchev–Trinajstić information content (AvgIpc) is 3.24. The Balaban J connectivity index is 1.40. The molecule has 2 aromatic heterocycles. The zero-order valence-corrected chi connectivity index (χ0v) is 21.4. The first kappa shape index (κ1) is 24.0. The highest BCUT2D eigenvalue weighted by atomic mass is 35.5. The number of carbonyl (C=O) groups is 1. The highest BCUT2D eigenvalue weighted by molar-refractivity contribution is 7.21. The number of amides is 1. The third-order valence-corrected chi connectivity index (χ3v) is 8.84. The number of anilines is 1. The lowest BCUT2D eigenvalue weighted by molar-refractivity contribution is 0.0601. The van der Waals surface area contributed by atoms with E-state index in [2.05, 4.69) is 38.4 Å². The fourth-order valence-electron chi connectivity index (χ4n) is 5.20. The molecule has 1 unspecified atom stereocenters. The molecule has 35 heavy (non-hydrogen) atoms. The maximum absolute atomic E-state index is 14.0. The van der Waals surface area contributed by atoms with Gasteiger partial charge >= 0.3 is 0 Å². The van der Waals surface area contributed by atoms with Crippen molar-refractivity contribution in [3.63, 3.8) is 0 Å². The van der Waals surface area contributed by atoms with Gasteiger partial charge in [0.25, 0.3) is 5.91 Å². The molecule has 5 rings (SSSR count). The Bertz CT molecular complexity index is 1260. The van der Waals surface area contributed by atoms with E-state index in [0.717, 1.165) is 53.3 Å². The van der Waals surface area contributed by atoms with Crippen molar-refractivity contribution in [1.29, 1.82) is 0 Å². The van der Waals surface area contributed by atoms with Crippen molar-refractivity contribution in [1.82, 2.24) is 20.2 Å². The number of nitrogen functional groups attached to an aromatic ring is 1. The predicted octanol–water partition coefficient (Wildman–Crippen LogP) is 5.56. The Kier molecular flexibility index (Phi) is 7.18. The van der Waals surface area contributed by atoms with Gasteiger partial charge in [0.15, 0.2) is 0 Å². The number of benzene rings is 1. The van der Waals surface area contributed by atoms with Gasteiger partial charge in [0.1, 0.15) is 4.88 Å². The van der Waals surface area contributed by atoms with Crippen LogP contribution in [0.15, 0.2) is 54.9 Å². The molecule has 1 aromatic carbocycles. The highest BCUT2D eigenvalue weighted by Crippen LogP contribution is 2.38. The monoisotopic (exact) mass is 507 g/mol. The Morgan fingerprint density at radius 1 is 1.20 bits per heavy atom. The SMILES string of the molecule is CN[C@H]1CC[C@H](N(CC2C=CC=C(c3cnc(N)nc3)C2)C(=O)c2sc3ccccc3c2Cl)CC1. The molecule has 0 saturated heterocycles. The summed E-state index contributed by atoms with van der Waals surface area (Å²) in [7, 11) is 2.02. The van der Waals surface area contributed by atoms with Crippen LogP contribution in [0, 0.1) is 5.92 Å². The van der Waals surface area contributed by atoms with Gasteiger partial charge < -0.3 is 16.0 Å². The van der Waals surface area contributed by atoms with Crippen molar-refractivity contribution in [3.05, 3.63) is 70.4 Å². The molecule has 1 atom stereocenters. The summed E-state index contributed by atoms with van der Waals surface area (Å²) < 4.78 is 1.05. The van der Waals surface area contributed by atoms with Crippen LogP contribution in [0.3, 0.4) is 0 Å². The van der Waals surface area contributed by atoms with Crippen molar-refractivity contribution in [2.75, 3.05) is 19.3 Å². The summed E-state index contributed by atoms with van der Waals surface area (Å²) in [4.78, 5) is 25.0. The van der Waals surface area contributed by atoms with Crippen LogP contribution in [0.2, 0.25) is 5.02 Å². The van der Waals surface area contributed by atoms with Gasteiger partial charge in [-0.2, -0.15) is 0 Å². The topological polar surface area (TPSA) is 84.1 Å². The van der Waals surface area contributed by atoms with Crippen molar-refractivity contribution in [2.45, 2.75) is 44.2 Å². The molecule has 0 bridgehead atoms. The standard InChI is InChI=1S/C27H30ClN5OS/c1-30-20-9-11-21(12-10-20)33(26(34)25-24(28)22-7-2-3-8-23(22)35-25)16-17-5-4-6-18(13-17)19-14-31-27(29)32-15-19/h2-8,14-15,17,20-21,30H,9-13,16H2,1H3,(H2,29,31,32)/t17?,20-,21-. The first-order chi connectivity index (χ1) is 17.0. The number of fused-ring (bicyclic) bond motifs is 1. The number of halogens is 1. The second-order valence-corrected chi connectivity index (χ2v) is 10.8. The maximum Gasteiger partial charge on any atom is 0.265 e. The number of nitrogens with zero attached hydrogens (tertiary/aromatic N) is 3. The minimum Gasteiger partial charge on any atom is -0.368 e. The third kappa shape index (κ3) is 5.13. The van der Waals surface area contributed by atoms with E-state index in [0.29, 0.717) is 22.5 Å². The molecule has 182 valence electrons. The highest BCUT2D eigenvalue weighted by Gasteiger charge is 2.33. The Hall–Kier alpha value is -2.74. The molecule has 2 heterocycles. The molecule has 0 radical (unpaired) electrons. The molecular weight excluding hydrogens is 478 g/mol. The third-order valence-electron chi connectivity index (χ3n) is 7.17. The number of allylic oxidation sites excluding steroid dienone is 3. The van der Waals surface area contributed by atoms with Crippen molar-refractivity contribution in [2.24, 2.45) is 5.92 Å². The fraction of sp³-hybridized carbons (Fsp3) is 0.370. The van der Waals surface area contributed by atoms with Crippen LogP contribution in [-0.2, 0) is 0 Å². The van der Waals surface area contributed by atoms with Crippen molar-refractivity contribution in [3.8, 4) is 0 Å². The van der Waals surface area contributed by atoms with Crippen molar-refractivity contribution < 1.29 is 4.79 Å². The second-order valence-electron chi connectivity index (χ2n) is 9.36. The van der Waals surface area contributed by atoms with Crippen LogP contribution in [-0.4, -0.2) is 46.5 Å².